The molecule has 0 saturated heterocycles. The molecule has 0 fully saturated rings. The summed E-state index contributed by atoms with van der Waals surface area (Å²) in [6, 6.07) is 2.23. The van der Waals surface area contributed by atoms with Gasteiger partial charge in [-0.25, -0.2) is 0 Å². The molecule has 2 heterocycles. The maximum Gasteiger partial charge on any atom is 0.141 e. The smallest absolute Gasteiger partial charge is 0.141 e. The molecule has 1 aromatic carbocycles. The molecular weight excluding hydrogens is 204 g/mol. The minimum atomic E-state index is 0.444. The average molecular weight is 216 g/mol. The molecule has 2 aliphatic rings. The average Bonchev–Trinajstić information content (AvgIpc) is 2.93. The number of rotatable bonds is 1. The second-order valence-corrected chi connectivity index (χ2v) is 3.98. The van der Waals surface area contributed by atoms with E-state index in [1.54, 1.807) is 0 Å². The van der Waals surface area contributed by atoms with Gasteiger partial charge < -0.3 is 15.2 Å². The molecule has 0 aromatic heterocycles. The zero-order valence-corrected chi connectivity index (χ0v) is 8.88. The number of nitrogens with two attached hydrogens (primary N) is 1. The van der Waals surface area contributed by atoms with Gasteiger partial charge in [-0.3, -0.25) is 0 Å². The van der Waals surface area contributed by atoms with Gasteiger partial charge in [-0.05, 0) is 0 Å². The highest BCUT2D eigenvalue weighted by atomic mass is 16.5. The molecule has 82 valence electrons. The Labute approximate surface area is 93.6 Å². The molecule has 0 radical (unpaired) electrons. The normalized spacial score (nSPS) is 16.0. The van der Waals surface area contributed by atoms with Crippen molar-refractivity contribution in [1.82, 2.24) is 0 Å². The molecule has 2 N–H and O–H groups in total. The summed E-state index contributed by atoms with van der Waals surface area (Å²) in [5.41, 5.74) is 9.49. The van der Waals surface area contributed by atoms with E-state index in [9.17, 15) is 5.26 Å². The van der Waals surface area contributed by atoms with Crippen LogP contribution < -0.4 is 15.2 Å². The first-order valence-corrected chi connectivity index (χ1v) is 5.43. The summed E-state index contributed by atoms with van der Waals surface area (Å²) < 4.78 is 11.2. The first-order chi connectivity index (χ1) is 7.86. The molecule has 16 heavy (non-hydrogen) atoms. The van der Waals surface area contributed by atoms with Crippen LogP contribution in [0.1, 0.15) is 22.3 Å². The van der Waals surface area contributed by atoms with Crippen molar-refractivity contribution in [3.05, 3.63) is 22.3 Å². The third kappa shape index (κ3) is 1.06. The lowest BCUT2D eigenvalue weighted by Gasteiger charge is -2.12. The lowest BCUT2D eigenvalue weighted by atomic mass is 9.95. The van der Waals surface area contributed by atoms with Gasteiger partial charge in [-0.15, -0.1) is 0 Å². The third-order valence-corrected chi connectivity index (χ3v) is 3.23. The molecule has 0 atom stereocenters. The molecule has 4 heteroatoms. The quantitative estimate of drug-likeness (QED) is 0.756. The lowest BCUT2D eigenvalue weighted by Crippen LogP contribution is -2.04. The molecule has 0 aliphatic carbocycles. The highest BCUT2D eigenvalue weighted by Crippen LogP contribution is 2.43. The summed E-state index contributed by atoms with van der Waals surface area (Å²) in [6.45, 7) is 1.72. The molecule has 4 nitrogen and oxygen atoms in total. The number of hydrogen-bond acceptors (Lipinski definition) is 4. The zero-order valence-electron chi connectivity index (χ0n) is 8.88. The fourth-order valence-electron chi connectivity index (χ4n) is 2.54. The van der Waals surface area contributed by atoms with Gasteiger partial charge in [-0.1, -0.05) is 0 Å². The summed E-state index contributed by atoms with van der Waals surface area (Å²) in [6.07, 6.45) is 1.61. The van der Waals surface area contributed by atoms with E-state index in [0.29, 0.717) is 25.3 Å². The van der Waals surface area contributed by atoms with E-state index in [2.05, 4.69) is 6.07 Å². The van der Waals surface area contributed by atoms with Gasteiger partial charge in [0.05, 0.1) is 13.2 Å². The minimum absolute atomic E-state index is 0.444. The fourth-order valence-corrected chi connectivity index (χ4v) is 2.54. The van der Waals surface area contributed by atoms with Crippen LogP contribution in [0.5, 0.6) is 11.5 Å². The third-order valence-electron chi connectivity index (χ3n) is 3.23. The summed E-state index contributed by atoms with van der Waals surface area (Å²) in [5, 5.41) is 9.21. The largest absolute Gasteiger partial charge is 0.493 e. The Kier molecular flexibility index (Phi) is 2.01. The van der Waals surface area contributed by atoms with Crippen molar-refractivity contribution in [3.63, 3.8) is 0 Å². The van der Waals surface area contributed by atoms with Crippen molar-refractivity contribution in [2.24, 2.45) is 5.73 Å². The highest BCUT2D eigenvalue weighted by molar-refractivity contribution is 5.65. The summed E-state index contributed by atoms with van der Waals surface area (Å²) in [5.74, 6) is 1.58. The van der Waals surface area contributed by atoms with Crippen LogP contribution in [0.4, 0.5) is 0 Å². The monoisotopic (exact) mass is 216 g/mol. The van der Waals surface area contributed by atoms with Crippen LogP contribution in [0.3, 0.4) is 0 Å². The van der Waals surface area contributed by atoms with Gasteiger partial charge in [-0.2, -0.15) is 5.26 Å². The van der Waals surface area contributed by atoms with Crippen molar-refractivity contribution in [1.29, 1.82) is 5.26 Å². The Morgan fingerprint density at radius 1 is 1.12 bits per heavy atom. The standard InChI is InChI=1S/C12H12N2O2/c13-5-9-7-1-3-15-11(7)10(6-14)8-2-4-16-12(8)9/h1-5,13H2. The Bertz CT molecular complexity index is 468. The lowest BCUT2D eigenvalue weighted by molar-refractivity contribution is 0.353. The number of ether oxygens (including phenoxy) is 2. The summed E-state index contributed by atoms with van der Waals surface area (Å²) >= 11 is 0. The Balaban J connectivity index is 2.35. The Morgan fingerprint density at radius 2 is 1.81 bits per heavy atom. The van der Waals surface area contributed by atoms with E-state index in [-0.39, 0.29) is 0 Å². The molecule has 1 aromatic rings. The molecule has 0 bridgehead atoms. The summed E-state index contributed by atoms with van der Waals surface area (Å²) in [7, 11) is 0. The molecule has 0 amide bonds. The number of benzene rings is 1. The molecule has 0 spiro atoms. The van der Waals surface area contributed by atoms with Gasteiger partial charge in [0.1, 0.15) is 23.1 Å². The predicted molar refractivity (Wildman–Crippen MR) is 57.4 cm³/mol. The van der Waals surface area contributed by atoms with E-state index >= 15 is 0 Å². The van der Waals surface area contributed by atoms with Gasteiger partial charge in [0, 0.05) is 36.1 Å². The van der Waals surface area contributed by atoms with Gasteiger partial charge in [0.25, 0.3) is 0 Å². The van der Waals surface area contributed by atoms with Crippen LogP contribution in [0.25, 0.3) is 0 Å². The zero-order chi connectivity index (χ0) is 11.1. The second-order valence-electron chi connectivity index (χ2n) is 3.98. The number of hydrogen-bond donors (Lipinski definition) is 1. The van der Waals surface area contributed by atoms with Gasteiger partial charge in [0.15, 0.2) is 0 Å². The first-order valence-electron chi connectivity index (χ1n) is 5.43. The van der Waals surface area contributed by atoms with Crippen LogP contribution in [0, 0.1) is 11.3 Å². The Morgan fingerprint density at radius 3 is 2.50 bits per heavy atom. The summed E-state index contributed by atoms with van der Waals surface area (Å²) in [4.78, 5) is 0. The van der Waals surface area contributed by atoms with Crippen LogP contribution >= 0.6 is 0 Å². The number of fused-ring (bicyclic) bond motifs is 2. The van der Waals surface area contributed by atoms with E-state index < -0.39 is 0 Å². The first kappa shape index (κ1) is 9.49. The highest BCUT2D eigenvalue weighted by Gasteiger charge is 2.30. The van der Waals surface area contributed by atoms with Crippen molar-refractivity contribution < 1.29 is 9.47 Å². The molecular formula is C12H12N2O2. The van der Waals surface area contributed by atoms with E-state index in [1.165, 1.54) is 0 Å². The number of nitriles is 1. The number of nitrogens with zero attached hydrogens (tertiary/aromatic N) is 1. The van der Waals surface area contributed by atoms with E-state index in [1.807, 2.05) is 0 Å². The SMILES string of the molecule is N#Cc1c2c(c(CN)c3c1OCC3)OCC2. The molecule has 0 saturated carbocycles. The molecule has 3 rings (SSSR count). The Hall–Kier alpha value is -1.73. The fraction of sp³-hybridized carbons (Fsp3) is 0.417. The molecule has 2 aliphatic heterocycles. The minimum Gasteiger partial charge on any atom is -0.493 e. The maximum atomic E-state index is 9.21. The molecule has 0 unspecified atom stereocenters. The van der Waals surface area contributed by atoms with Crippen molar-refractivity contribution in [2.75, 3.05) is 13.2 Å². The van der Waals surface area contributed by atoms with Crippen LogP contribution in [0.2, 0.25) is 0 Å². The van der Waals surface area contributed by atoms with E-state index in [0.717, 1.165) is 41.0 Å². The maximum absolute atomic E-state index is 9.21. The van der Waals surface area contributed by atoms with Crippen molar-refractivity contribution >= 4 is 0 Å². The van der Waals surface area contributed by atoms with Crippen LogP contribution in [-0.4, -0.2) is 13.2 Å². The van der Waals surface area contributed by atoms with Crippen molar-refractivity contribution in [3.8, 4) is 17.6 Å². The van der Waals surface area contributed by atoms with Crippen molar-refractivity contribution in [2.45, 2.75) is 19.4 Å². The van der Waals surface area contributed by atoms with Crippen LogP contribution in [-0.2, 0) is 19.4 Å². The topological polar surface area (TPSA) is 68.3 Å². The van der Waals surface area contributed by atoms with Crippen LogP contribution in [0.15, 0.2) is 0 Å². The van der Waals surface area contributed by atoms with Gasteiger partial charge in [0.2, 0.25) is 0 Å². The predicted octanol–water partition coefficient (Wildman–Crippen LogP) is 0.887. The van der Waals surface area contributed by atoms with Gasteiger partial charge >= 0.3 is 0 Å². The van der Waals surface area contributed by atoms with E-state index in [4.69, 9.17) is 15.2 Å². The second kappa shape index (κ2) is 3.39.